The number of benzene rings is 1. The van der Waals surface area contributed by atoms with Gasteiger partial charge in [0.25, 0.3) is 0 Å². The van der Waals surface area contributed by atoms with Crippen LogP contribution in [-0.4, -0.2) is 11.0 Å². The minimum atomic E-state index is -0.410. The molecule has 0 radical (unpaired) electrons. The van der Waals surface area contributed by atoms with Gasteiger partial charge in [0.2, 0.25) is 0 Å². The summed E-state index contributed by atoms with van der Waals surface area (Å²) in [5.74, 6) is -0.410. The number of thiazole rings is 1. The lowest BCUT2D eigenvalue weighted by molar-refractivity contribution is 0.0469. The maximum Gasteiger partial charge on any atom is 0.340 e. The summed E-state index contributed by atoms with van der Waals surface area (Å²) in [6, 6.07) is 5.32. The van der Waals surface area contributed by atoms with Crippen LogP contribution in [0, 0.1) is 6.92 Å². The van der Waals surface area contributed by atoms with E-state index >= 15 is 0 Å². The van der Waals surface area contributed by atoms with E-state index in [1.807, 2.05) is 25.3 Å². The number of esters is 1. The van der Waals surface area contributed by atoms with E-state index in [0.717, 1.165) is 22.7 Å². The third-order valence-electron chi connectivity index (χ3n) is 2.80. The van der Waals surface area contributed by atoms with Gasteiger partial charge in [-0.05, 0) is 25.0 Å². The van der Waals surface area contributed by atoms with E-state index in [9.17, 15) is 4.79 Å². The van der Waals surface area contributed by atoms with E-state index in [2.05, 4.69) is 4.98 Å². The Hall–Kier alpha value is -1.88. The molecule has 0 atom stereocenters. The van der Waals surface area contributed by atoms with E-state index in [1.54, 1.807) is 23.5 Å². The topological polar surface area (TPSA) is 65.2 Å². The van der Waals surface area contributed by atoms with Gasteiger partial charge in [0.1, 0.15) is 6.61 Å². The summed E-state index contributed by atoms with van der Waals surface area (Å²) in [7, 11) is 0. The fraction of sp³-hybridized carbons (Fsp3) is 0.286. The fourth-order valence-electron chi connectivity index (χ4n) is 1.65. The van der Waals surface area contributed by atoms with Crippen LogP contribution in [-0.2, 0) is 17.8 Å². The first-order valence-corrected chi connectivity index (χ1v) is 6.95. The first kappa shape index (κ1) is 13.5. The van der Waals surface area contributed by atoms with Crippen molar-refractivity contribution in [3.05, 3.63) is 45.4 Å². The number of nitrogen functional groups attached to an aromatic ring is 1. The lowest BCUT2D eigenvalue weighted by Crippen LogP contribution is -2.09. The number of aromatic nitrogens is 1. The van der Waals surface area contributed by atoms with Crippen molar-refractivity contribution in [2.24, 2.45) is 0 Å². The Balaban J connectivity index is 2.03. The number of rotatable bonds is 4. The highest BCUT2D eigenvalue weighted by atomic mass is 32.1. The number of anilines is 1. The zero-order valence-corrected chi connectivity index (χ0v) is 11.8. The lowest BCUT2D eigenvalue weighted by atomic mass is 10.1. The third kappa shape index (κ3) is 3.12. The Morgan fingerprint density at radius 1 is 1.47 bits per heavy atom. The second-order valence-electron chi connectivity index (χ2n) is 4.20. The molecule has 5 heteroatoms. The largest absolute Gasteiger partial charge is 0.455 e. The van der Waals surface area contributed by atoms with Crippen molar-refractivity contribution in [1.29, 1.82) is 0 Å². The Labute approximate surface area is 116 Å². The normalized spacial score (nSPS) is 10.4. The molecule has 2 rings (SSSR count). The minimum absolute atomic E-state index is 0.183. The molecule has 0 saturated heterocycles. The van der Waals surface area contributed by atoms with E-state index in [1.165, 1.54) is 0 Å². The second kappa shape index (κ2) is 5.84. The molecule has 0 aliphatic rings. The molecule has 2 aromatic rings. The molecule has 1 aromatic carbocycles. The molecule has 0 fully saturated rings. The quantitative estimate of drug-likeness (QED) is 0.688. The van der Waals surface area contributed by atoms with Gasteiger partial charge in [0, 0.05) is 11.1 Å². The Bertz CT molecular complexity index is 593. The minimum Gasteiger partial charge on any atom is -0.455 e. The van der Waals surface area contributed by atoms with Crippen LogP contribution in [0.15, 0.2) is 23.6 Å². The molecule has 100 valence electrons. The van der Waals surface area contributed by atoms with Gasteiger partial charge >= 0.3 is 5.97 Å². The van der Waals surface area contributed by atoms with Gasteiger partial charge in [-0.15, -0.1) is 11.3 Å². The van der Waals surface area contributed by atoms with Crippen LogP contribution in [0.25, 0.3) is 0 Å². The predicted octanol–water partition coefficient (Wildman–Crippen LogP) is 2.95. The highest BCUT2D eigenvalue weighted by Gasteiger charge is 2.13. The van der Waals surface area contributed by atoms with Crippen LogP contribution in [0.3, 0.4) is 0 Å². The molecule has 1 aromatic heterocycles. The summed E-state index contributed by atoms with van der Waals surface area (Å²) < 4.78 is 5.23. The molecule has 0 bridgehead atoms. The number of ether oxygens (including phenoxy) is 1. The van der Waals surface area contributed by atoms with Gasteiger partial charge in [0.05, 0.1) is 16.3 Å². The lowest BCUT2D eigenvalue weighted by Gasteiger charge is -2.07. The zero-order valence-electron chi connectivity index (χ0n) is 11.0. The maximum absolute atomic E-state index is 11.9. The summed E-state index contributed by atoms with van der Waals surface area (Å²) in [6.45, 7) is 4.09. The van der Waals surface area contributed by atoms with Crippen molar-refractivity contribution < 1.29 is 9.53 Å². The van der Waals surface area contributed by atoms with Gasteiger partial charge in [-0.2, -0.15) is 0 Å². The Morgan fingerprint density at radius 3 is 2.95 bits per heavy atom. The molecule has 19 heavy (non-hydrogen) atoms. The molecule has 2 N–H and O–H groups in total. The number of hydrogen-bond donors (Lipinski definition) is 1. The van der Waals surface area contributed by atoms with Crippen molar-refractivity contribution in [3.63, 3.8) is 0 Å². The molecule has 4 nitrogen and oxygen atoms in total. The van der Waals surface area contributed by atoms with E-state index in [4.69, 9.17) is 10.5 Å². The highest BCUT2D eigenvalue weighted by Crippen LogP contribution is 2.18. The van der Waals surface area contributed by atoms with Crippen LogP contribution in [0.1, 0.15) is 33.5 Å². The molecule has 0 unspecified atom stereocenters. The predicted molar refractivity (Wildman–Crippen MR) is 76.2 cm³/mol. The summed E-state index contributed by atoms with van der Waals surface area (Å²) >= 11 is 1.58. The third-order valence-corrected chi connectivity index (χ3v) is 3.84. The zero-order chi connectivity index (χ0) is 13.8. The molecular weight excluding hydrogens is 260 g/mol. The first-order valence-electron chi connectivity index (χ1n) is 6.07. The van der Waals surface area contributed by atoms with Crippen LogP contribution in [0.4, 0.5) is 5.69 Å². The molecule has 0 aliphatic heterocycles. The maximum atomic E-state index is 11.9. The van der Waals surface area contributed by atoms with Gasteiger partial charge in [-0.1, -0.05) is 19.1 Å². The second-order valence-corrected chi connectivity index (χ2v) is 5.14. The number of carbonyl (C=O) groups is 1. The highest BCUT2D eigenvalue weighted by molar-refractivity contribution is 7.09. The number of para-hydroxylation sites is 1. The van der Waals surface area contributed by atoms with Crippen LogP contribution in [0.2, 0.25) is 0 Å². The molecule has 1 heterocycles. The molecular formula is C14H16N2O2S. The van der Waals surface area contributed by atoms with E-state index in [-0.39, 0.29) is 6.61 Å². The van der Waals surface area contributed by atoms with Crippen LogP contribution < -0.4 is 5.73 Å². The first-order chi connectivity index (χ1) is 9.11. The molecule has 0 saturated carbocycles. The average molecular weight is 276 g/mol. The number of nitrogens with zero attached hydrogens (tertiary/aromatic N) is 1. The monoisotopic (exact) mass is 276 g/mol. The van der Waals surface area contributed by atoms with E-state index < -0.39 is 5.97 Å². The van der Waals surface area contributed by atoms with Crippen molar-refractivity contribution in [3.8, 4) is 0 Å². The Kier molecular flexibility index (Phi) is 4.16. The number of carbonyl (C=O) groups excluding carboxylic acids is 1. The molecule has 0 aliphatic carbocycles. The Morgan fingerprint density at radius 2 is 2.26 bits per heavy atom. The number of nitrogens with two attached hydrogens (primary N) is 1. The molecule has 0 amide bonds. The fourth-order valence-corrected chi connectivity index (χ4v) is 2.38. The smallest absolute Gasteiger partial charge is 0.340 e. The average Bonchev–Trinajstić information content (AvgIpc) is 2.87. The SMILES string of the molecule is CCc1nc(COC(=O)c2cccc(C)c2N)cs1. The van der Waals surface area contributed by atoms with Crippen LogP contribution in [0.5, 0.6) is 0 Å². The molecule has 0 spiro atoms. The van der Waals surface area contributed by atoms with Gasteiger partial charge in [0.15, 0.2) is 0 Å². The summed E-state index contributed by atoms with van der Waals surface area (Å²) in [5, 5.41) is 2.95. The van der Waals surface area contributed by atoms with Crippen LogP contribution >= 0.6 is 11.3 Å². The van der Waals surface area contributed by atoms with Gasteiger partial charge < -0.3 is 10.5 Å². The van der Waals surface area contributed by atoms with Crippen molar-refractivity contribution >= 4 is 23.0 Å². The summed E-state index contributed by atoms with van der Waals surface area (Å²) in [4.78, 5) is 16.3. The number of hydrogen-bond acceptors (Lipinski definition) is 5. The summed E-state index contributed by atoms with van der Waals surface area (Å²) in [6.07, 6.45) is 0.892. The van der Waals surface area contributed by atoms with Crippen molar-refractivity contribution in [2.75, 3.05) is 5.73 Å². The van der Waals surface area contributed by atoms with Gasteiger partial charge in [-0.25, -0.2) is 9.78 Å². The van der Waals surface area contributed by atoms with Crippen molar-refractivity contribution in [2.45, 2.75) is 26.9 Å². The van der Waals surface area contributed by atoms with E-state index in [0.29, 0.717) is 11.3 Å². The standard InChI is InChI=1S/C14H16N2O2S/c1-3-12-16-10(8-19-12)7-18-14(17)11-6-4-5-9(2)13(11)15/h4-6,8H,3,7,15H2,1-2H3. The van der Waals surface area contributed by atoms with Gasteiger partial charge in [-0.3, -0.25) is 0 Å². The van der Waals surface area contributed by atoms with Crippen molar-refractivity contribution in [1.82, 2.24) is 4.98 Å². The summed E-state index contributed by atoms with van der Waals surface area (Å²) in [5.41, 5.74) is 8.39. The number of aryl methyl sites for hydroxylation is 2.